The number of thioether (sulfide) groups is 1. The van der Waals surface area contributed by atoms with E-state index in [1.54, 1.807) is 48.5 Å². The van der Waals surface area contributed by atoms with E-state index in [0.717, 1.165) is 22.7 Å². The zero-order valence-corrected chi connectivity index (χ0v) is 19.6. The summed E-state index contributed by atoms with van der Waals surface area (Å²) in [7, 11) is 0. The van der Waals surface area contributed by atoms with Gasteiger partial charge < -0.3 is 14.1 Å². The second-order valence-corrected chi connectivity index (χ2v) is 9.05. The quantitative estimate of drug-likeness (QED) is 0.194. The van der Waals surface area contributed by atoms with E-state index in [1.165, 1.54) is 6.07 Å². The minimum Gasteiger partial charge on any atom is -0.477 e. The molecule has 3 aromatic carbocycles. The van der Waals surface area contributed by atoms with Crippen LogP contribution in [0.15, 0.2) is 93.5 Å². The smallest absolute Gasteiger partial charge is 0.342 e. The Kier molecular flexibility index (Phi) is 6.39. The van der Waals surface area contributed by atoms with E-state index in [9.17, 15) is 14.3 Å². The van der Waals surface area contributed by atoms with E-state index >= 15 is 0 Å². The molecule has 0 amide bonds. The Morgan fingerprint density at radius 3 is 2.57 bits per heavy atom. The van der Waals surface area contributed by atoms with E-state index in [0.29, 0.717) is 28.3 Å². The van der Waals surface area contributed by atoms with Gasteiger partial charge in [0.2, 0.25) is 5.89 Å². The number of rotatable bonds is 7. The number of fused-ring (bicyclic) bond motifs is 1. The van der Waals surface area contributed by atoms with E-state index < -0.39 is 5.97 Å². The molecule has 2 aromatic heterocycles. The SMILES string of the molecule is O=C(O)/C(=C/c1cn(Cc2ccccc2F)c2ccccc12)Sc1nnc(-c2ccc(Cl)cc2)o1. The summed E-state index contributed by atoms with van der Waals surface area (Å²) in [5.41, 5.74) is 2.75. The van der Waals surface area contributed by atoms with Crippen molar-refractivity contribution in [1.82, 2.24) is 14.8 Å². The third-order valence-electron chi connectivity index (χ3n) is 5.31. The third-order valence-corrected chi connectivity index (χ3v) is 6.41. The summed E-state index contributed by atoms with van der Waals surface area (Å²) in [6.45, 7) is 0.310. The number of aromatic nitrogens is 3. The van der Waals surface area contributed by atoms with Gasteiger partial charge in [-0.05, 0) is 54.2 Å². The van der Waals surface area contributed by atoms with Crippen molar-refractivity contribution in [3.05, 3.63) is 106 Å². The highest BCUT2D eigenvalue weighted by atomic mass is 35.5. The summed E-state index contributed by atoms with van der Waals surface area (Å²) < 4.78 is 21.8. The van der Waals surface area contributed by atoms with Crippen LogP contribution >= 0.6 is 23.4 Å². The van der Waals surface area contributed by atoms with Gasteiger partial charge in [0, 0.05) is 38.8 Å². The Morgan fingerprint density at radius 1 is 1.06 bits per heavy atom. The van der Waals surface area contributed by atoms with Crippen LogP contribution in [0.4, 0.5) is 4.39 Å². The maximum atomic E-state index is 14.2. The zero-order chi connectivity index (χ0) is 24.4. The van der Waals surface area contributed by atoms with Crippen LogP contribution in [-0.4, -0.2) is 25.8 Å². The fourth-order valence-electron chi connectivity index (χ4n) is 3.66. The van der Waals surface area contributed by atoms with Crippen molar-refractivity contribution < 1.29 is 18.7 Å². The first kappa shape index (κ1) is 22.9. The molecule has 0 saturated carbocycles. The van der Waals surface area contributed by atoms with Crippen LogP contribution in [0.3, 0.4) is 0 Å². The van der Waals surface area contributed by atoms with Gasteiger partial charge in [-0.1, -0.05) is 48.0 Å². The average Bonchev–Trinajstić information content (AvgIpc) is 3.46. The minimum absolute atomic E-state index is 0.00472. The zero-order valence-electron chi connectivity index (χ0n) is 18.1. The van der Waals surface area contributed by atoms with Gasteiger partial charge in [-0.25, -0.2) is 9.18 Å². The second kappa shape index (κ2) is 9.77. The Bertz CT molecular complexity index is 1560. The summed E-state index contributed by atoms with van der Waals surface area (Å²) in [6.07, 6.45) is 3.37. The Labute approximate surface area is 208 Å². The van der Waals surface area contributed by atoms with Crippen molar-refractivity contribution in [1.29, 1.82) is 0 Å². The highest BCUT2D eigenvalue weighted by Crippen LogP contribution is 2.32. The van der Waals surface area contributed by atoms with Gasteiger partial charge in [0.05, 0.1) is 6.54 Å². The third kappa shape index (κ3) is 4.99. The Hall–Kier alpha value is -3.88. The average molecular weight is 506 g/mol. The predicted octanol–water partition coefficient (Wildman–Crippen LogP) is 6.75. The molecule has 0 aliphatic carbocycles. The van der Waals surface area contributed by atoms with Crippen molar-refractivity contribution >= 4 is 46.3 Å². The molecular formula is C26H17ClFN3O3S. The predicted molar refractivity (Wildman–Crippen MR) is 134 cm³/mol. The van der Waals surface area contributed by atoms with Gasteiger partial charge in [0.25, 0.3) is 5.22 Å². The van der Waals surface area contributed by atoms with Crippen LogP contribution in [0.25, 0.3) is 28.4 Å². The van der Waals surface area contributed by atoms with Crippen LogP contribution < -0.4 is 0 Å². The van der Waals surface area contributed by atoms with Gasteiger partial charge >= 0.3 is 5.97 Å². The molecule has 174 valence electrons. The number of hydrogen-bond acceptors (Lipinski definition) is 5. The highest BCUT2D eigenvalue weighted by Gasteiger charge is 2.18. The molecule has 0 saturated heterocycles. The van der Waals surface area contributed by atoms with E-state index in [2.05, 4.69) is 10.2 Å². The number of para-hydroxylation sites is 1. The standard InChI is InChI=1S/C26H17ClFN3O3S/c27-19-11-9-16(10-12-19)24-29-30-26(34-24)35-23(25(32)33)13-18-15-31(22-8-4-2-6-20(18)22)14-17-5-1-3-7-21(17)28/h1-13,15H,14H2,(H,32,33)/b23-13-. The Balaban J connectivity index is 1.47. The second-order valence-electron chi connectivity index (χ2n) is 7.62. The van der Waals surface area contributed by atoms with Crippen molar-refractivity contribution in [2.24, 2.45) is 0 Å². The maximum absolute atomic E-state index is 14.2. The molecule has 35 heavy (non-hydrogen) atoms. The lowest BCUT2D eigenvalue weighted by Crippen LogP contribution is -2.00. The van der Waals surface area contributed by atoms with E-state index in [4.69, 9.17) is 16.0 Å². The molecule has 1 N–H and O–H groups in total. The minimum atomic E-state index is -1.13. The van der Waals surface area contributed by atoms with Gasteiger partial charge in [-0.15, -0.1) is 10.2 Å². The molecular weight excluding hydrogens is 489 g/mol. The van der Waals surface area contributed by atoms with Crippen LogP contribution in [0.5, 0.6) is 0 Å². The summed E-state index contributed by atoms with van der Waals surface area (Å²) in [5.74, 6) is -1.17. The molecule has 0 atom stereocenters. The Morgan fingerprint density at radius 2 is 1.80 bits per heavy atom. The molecule has 0 bridgehead atoms. The van der Waals surface area contributed by atoms with Crippen LogP contribution in [0, 0.1) is 5.82 Å². The molecule has 0 fully saturated rings. The van der Waals surface area contributed by atoms with Crippen molar-refractivity contribution in [3.8, 4) is 11.5 Å². The topological polar surface area (TPSA) is 81.1 Å². The number of halogens is 2. The summed E-state index contributed by atoms with van der Waals surface area (Å²) in [4.78, 5) is 12.1. The molecule has 6 nitrogen and oxygen atoms in total. The highest BCUT2D eigenvalue weighted by molar-refractivity contribution is 8.03. The van der Waals surface area contributed by atoms with Gasteiger partial charge in [-0.3, -0.25) is 0 Å². The maximum Gasteiger partial charge on any atom is 0.342 e. The normalized spacial score (nSPS) is 11.8. The van der Waals surface area contributed by atoms with Crippen molar-refractivity contribution in [3.63, 3.8) is 0 Å². The fraction of sp³-hybridized carbons (Fsp3) is 0.0385. The molecule has 2 heterocycles. The molecule has 9 heteroatoms. The fourth-order valence-corrected chi connectivity index (χ4v) is 4.45. The number of carboxylic acids is 1. The molecule has 5 rings (SSSR count). The number of benzene rings is 3. The number of carboxylic acid groups (broad SMARTS) is 1. The molecule has 0 aliphatic rings. The molecule has 0 aliphatic heterocycles. The summed E-state index contributed by atoms with van der Waals surface area (Å²) in [5, 5.41) is 19.3. The number of aliphatic carboxylic acids is 1. The summed E-state index contributed by atoms with van der Waals surface area (Å²) in [6, 6.07) is 21.0. The first-order valence-corrected chi connectivity index (χ1v) is 11.7. The first-order valence-electron chi connectivity index (χ1n) is 10.5. The van der Waals surface area contributed by atoms with E-state index in [-0.39, 0.29) is 21.8 Å². The summed E-state index contributed by atoms with van der Waals surface area (Å²) >= 11 is 6.78. The van der Waals surface area contributed by atoms with Crippen molar-refractivity contribution in [2.45, 2.75) is 11.8 Å². The largest absolute Gasteiger partial charge is 0.477 e. The van der Waals surface area contributed by atoms with Gasteiger partial charge in [0.15, 0.2) is 0 Å². The first-order chi connectivity index (χ1) is 17.0. The van der Waals surface area contributed by atoms with E-state index in [1.807, 2.05) is 35.0 Å². The molecule has 0 spiro atoms. The van der Waals surface area contributed by atoms with Crippen LogP contribution in [0.1, 0.15) is 11.1 Å². The van der Waals surface area contributed by atoms with Crippen molar-refractivity contribution in [2.75, 3.05) is 0 Å². The van der Waals surface area contributed by atoms with Gasteiger partial charge in [-0.2, -0.15) is 0 Å². The number of nitrogens with zero attached hydrogens (tertiary/aromatic N) is 3. The van der Waals surface area contributed by atoms with Crippen LogP contribution in [-0.2, 0) is 11.3 Å². The number of carbonyl (C=O) groups is 1. The van der Waals surface area contributed by atoms with Crippen LogP contribution in [0.2, 0.25) is 5.02 Å². The molecule has 0 unspecified atom stereocenters. The van der Waals surface area contributed by atoms with Gasteiger partial charge in [0.1, 0.15) is 10.7 Å². The lowest BCUT2D eigenvalue weighted by molar-refractivity contribution is -0.131. The lowest BCUT2D eigenvalue weighted by Gasteiger charge is -2.06. The molecule has 0 radical (unpaired) electrons. The molecule has 5 aromatic rings. The monoisotopic (exact) mass is 505 g/mol. The lowest BCUT2D eigenvalue weighted by atomic mass is 10.1. The number of hydrogen-bond donors (Lipinski definition) is 1.